The number of rotatable bonds is 3. The molecule has 0 bridgehead atoms. The summed E-state index contributed by atoms with van der Waals surface area (Å²) >= 11 is 13.6. The summed E-state index contributed by atoms with van der Waals surface area (Å²) in [4.78, 5) is 19.1. The fraction of sp³-hybridized carbons (Fsp3) is 0.300. The summed E-state index contributed by atoms with van der Waals surface area (Å²) in [5, 5.41) is 1.61. The molecule has 7 heteroatoms. The maximum absolute atomic E-state index is 12.7. The second kappa shape index (κ2) is 7.66. The van der Waals surface area contributed by atoms with Crippen molar-refractivity contribution in [3.63, 3.8) is 0 Å². The van der Waals surface area contributed by atoms with Crippen LogP contribution >= 0.6 is 34.5 Å². The number of nitrogens with zero attached hydrogens (tertiary/aromatic N) is 2. The Balaban J connectivity index is 1.39. The highest BCUT2D eigenvalue weighted by molar-refractivity contribution is 7.20. The van der Waals surface area contributed by atoms with Crippen LogP contribution in [0.4, 0.5) is 0 Å². The van der Waals surface area contributed by atoms with Gasteiger partial charge < -0.3 is 9.64 Å². The van der Waals surface area contributed by atoms with E-state index in [-0.39, 0.29) is 12.0 Å². The average molecular weight is 421 g/mol. The molecular formula is C20H18Cl2N2O2S. The Morgan fingerprint density at radius 3 is 2.70 bits per heavy atom. The van der Waals surface area contributed by atoms with Crippen molar-refractivity contribution in [3.05, 3.63) is 57.6 Å². The van der Waals surface area contributed by atoms with Crippen LogP contribution in [0.3, 0.4) is 0 Å². The highest BCUT2D eigenvalue weighted by Crippen LogP contribution is 2.31. The first-order chi connectivity index (χ1) is 13.0. The number of fused-ring (bicyclic) bond motifs is 1. The molecule has 1 aliphatic heterocycles. The smallest absolute Gasteiger partial charge is 0.274 e. The second-order valence-corrected chi connectivity index (χ2v) is 8.47. The lowest BCUT2D eigenvalue weighted by molar-refractivity contribution is 0.0595. The summed E-state index contributed by atoms with van der Waals surface area (Å²) in [5.74, 6) is -0.0641. The molecule has 4 rings (SSSR count). The van der Waals surface area contributed by atoms with Crippen LogP contribution in [0.5, 0.6) is 5.19 Å². The number of halogens is 2. The van der Waals surface area contributed by atoms with E-state index in [0.29, 0.717) is 33.9 Å². The number of para-hydroxylation sites is 1. The minimum atomic E-state index is -0.0641. The number of hydrogen-bond acceptors (Lipinski definition) is 4. The molecule has 27 heavy (non-hydrogen) atoms. The lowest BCUT2D eigenvalue weighted by Gasteiger charge is -2.31. The van der Waals surface area contributed by atoms with Crippen molar-refractivity contribution in [1.82, 2.24) is 9.88 Å². The number of ether oxygens (including phenoxy) is 1. The van der Waals surface area contributed by atoms with Crippen molar-refractivity contribution in [2.75, 3.05) is 13.1 Å². The van der Waals surface area contributed by atoms with Gasteiger partial charge in [0.05, 0.1) is 20.8 Å². The molecule has 1 fully saturated rings. The highest BCUT2D eigenvalue weighted by Gasteiger charge is 2.26. The van der Waals surface area contributed by atoms with Gasteiger partial charge >= 0.3 is 0 Å². The number of piperidine rings is 1. The van der Waals surface area contributed by atoms with Gasteiger partial charge in [-0.3, -0.25) is 4.79 Å². The molecule has 1 saturated heterocycles. The number of aryl methyl sites for hydroxylation is 1. The summed E-state index contributed by atoms with van der Waals surface area (Å²) in [7, 11) is 0. The molecule has 0 atom stereocenters. The Labute approximate surface area is 171 Å². The van der Waals surface area contributed by atoms with Gasteiger partial charge in [-0.2, -0.15) is 0 Å². The van der Waals surface area contributed by atoms with Gasteiger partial charge in [0.15, 0.2) is 0 Å². The first-order valence-electron chi connectivity index (χ1n) is 8.78. The van der Waals surface area contributed by atoms with Gasteiger partial charge in [-0.1, -0.05) is 46.7 Å². The number of thiazole rings is 1. The number of hydrogen-bond donors (Lipinski definition) is 0. The van der Waals surface area contributed by atoms with E-state index in [4.69, 9.17) is 27.9 Å². The average Bonchev–Trinajstić information content (AvgIpc) is 3.06. The van der Waals surface area contributed by atoms with Crippen LogP contribution in [-0.4, -0.2) is 35.0 Å². The first-order valence-corrected chi connectivity index (χ1v) is 10.4. The number of amides is 1. The van der Waals surface area contributed by atoms with Crippen molar-refractivity contribution >= 4 is 50.7 Å². The van der Waals surface area contributed by atoms with Crippen LogP contribution in [0, 0.1) is 6.92 Å². The molecule has 0 unspecified atom stereocenters. The highest BCUT2D eigenvalue weighted by atomic mass is 35.5. The summed E-state index contributed by atoms with van der Waals surface area (Å²) < 4.78 is 7.23. The van der Waals surface area contributed by atoms with E-state index in [2.05, 4.69) is 24.0 Å². The van der Waals surface area contributed by atoms with Crippen LogP contribution < -0.4 is 4.74 Å². The van der Waals surface area contributed by atoms with Gasteiger partial charge in [-0.05, 0) is 36.8 Å². The van der Waals surface area contributed by atoms with E-state index < -0.39 is 0 Å². The second-order valence-electron chi connectivity index (χ2n) is 6.64. The topological polar surface area (TPSA) is 42.4 Å². The summed E-state index contributed by atoms with van der Waals surface area (Å²) in [5.41, 5.74) is 2.64. The van der Waals surface area contributed by atoms with Crippen LogP contribution in [0.15, 0.2) is 36.4 Å². The van der Waals surface area contributed by atoms with Gasteiger partial charge in [0, 0.05) is 31.0 Å². The number of carbonyl (C=O) groups excluding carboxylic acids is 1. The van der Waals surface area contributed by atoms with Gasteiger partial charge in [0.25, 0.3) is 11.1 Å². The first kappa shape index (κ1) is 18.5. The van der Waals surface area contributed by atoms with Crippen molar-refractivity contribution in [2.24, 2.45) is 0 Å². The van der Waals surface area contributed by atoms with E-state index in [1.54, 1.807) is 29.5 Å². The molecule has 1 amide bonds. The molecule has 0 aliphatic carbocycles. The molecule has 2 heterocycles. The molecule has 0 N–H and O–H groups in total. The molecule has 3 aromatic rings. The van der Waals surface area contributed by atoms with Crippen LogP contribution in [0.2, 0.25) is 10.0 Å². The zero-order valence-corrected chi connectivity index (χ0v) is 17.1. The molecule has 1 aromatic heterocycles. The fourth-order valence-electron chi connectivity index (χ4n) is 3.27. The van der Waals surface area contributed by atoms with Crippen LogP contribution in [0.25, 0.3) is 10.2 Å². The van der Waals surface area contributed by atoms with Crippen molar-refractivity contribution in [2.45, 2.75) is 25.9 Å². The molecule has 1 aliphatic rings. The zero-order chi connectivity index (χ0) is 19.0. The van der Waals surface area contributed by atoms with E-state index in [9.17, 15) is 4.79 Å². The van der Waals surface area contributed by atoms with Crippen molar-refractivity contribution in [3.8, 4) is 5.19 Å². The quantitative estimate of drug-likeness (QED) is 0.553. The van der Waals surface area contributed by atoms with Crippen LogP contribution in [0.1, 0.15) is 28.8 Å². The Kier molecular flexibility index (Phi) is 5.26. The normalized spacial score (nSPS) is 15.3. The summed E-state index contributed by atoms with van der Waals surface area (Å²) in [6.45, 7) is 3.32. The molecule has 2 aromatic carbocycles. The maximum Gasteiger partial charge on any atom is 0.274 e. The Morgan fingerprint density at radius 2 is 2.00 bits per heavy atom. The standard InChI is InChI=1S/C20H18Cl2N2O2S/c1-12-3-2-4-17-18(12)23-20(27-17)26-14-7-9-24(10-8-14)19(25)15-6-5-13(21)11-16(15)22/h2-6,11,14H,7-10H2,1H3. The van der Waals surface area contributed by atoms with Gasteiger partial charge in [0.1, 0.15) is 6.10 Å². The zero-order valence-electron chi connectivity index (χ0n) is 14.7. The van der Waals surface area contributed by atoms with Gasteiger partial charge in [-0.15, -0.1) is 0 Å². The SMILES string of the molecule is Cc1cccc2sc(OC3CCN(C(=O)c4ccc(Cl)cc4Cl)CC3)nc12. The molecule has 4 nitrogen and oxygen atoms in total. The number of benzene rings is 2. The Morgan fingerprint density at radius 1 is 1.22 bits per heavy atom. The number of aromatic nitrogens is 1. The number of carbonyl (C=O) groups is 1. The van der Waals surface area contributed by atoms with E-state index in [1.165, 1.54) is 0 Å². The van der Waals surface area contributed by atoms with Crippen molar-refractivity contribution < 1.29 is 9.53 Å². The van der Waals surface area contributed by atoms with Crippen molar-refractivity contribution in [1.29, 1.82) is 0 Å². The lowest BCUT2D eigenvalue weighted by Crippen LogP contribution is -2.41. The summed E-state index contributed by atoms with van der Waals surface area (Å²) in [6.07, 6.45) is 1.60. The lowest BCUT2D eigenvalue weighted by atomic mass is 10.1. The van der Waals surface area contributed by atoms with Gasteiger partial charge in [0.2, 0.25) is 0 Å². The number of likely N-dealkylation sites (tertiary alicyclic amines) is 1. The van der Waals surface area contributed by atoms with E-state index >= 15 is 0 Å². The fourth-order valence-corrected chi connectivity index (χ4v) is 4.72. The maximum atomic E-state index is 12.7. The van der Waals surface area contributed by atoms with E-state index in [0.717, 1.165) is 28.6 Å². The van der Waals surface area contributed by atoms with Crippen LogP contribution in [-0.2, 0) is 0 Å². The third kappa shape index (κ3) is 3.91. The third-order valence-electron chi connectivity index (χ3n) is 4.76. The molecule has 140 valence electrons. The Bertz CT molecular complexity index is 997. The predicted molar refractivity (Wildman–Crippen MR) is 110 cm³/mol. The summed E-state index contributed by atoms with van der Waals surface area (Å²) in [6, 6.07) is 11.1. The monoisotopic (exact) mass is 420 g/mol. The Hall–Kier alpha value is -1.82. The largest absolute Gasteiger partial charge is 0.467 e. The predicted octanol–water partition coefficient (Wildman–Crippen LogP) is 5.60. The minimum absolute atomic E-state index is 0.0641. The molecule has 0 saturated carbocycles. The molecular weight excluding hydrogens is 403 g/mol. The van der Waals surface area contributed by atoms with Gasteiger partial charge in [-0.25, -0.2) is 4.98 Å². The van der Waals surface area contributed by atoms with E-state index in [1.807, 2.05) is 11.0 Å². The third-order valence-corrected chi connectivity index (χ3v) is 6.22. The molecule has 0 radical (unpaired) electrons. The molecule has 0 spiro atoms. The minimum Gasteiger partial charge on any atom is -0.467 e.